The molecule has 0 bridgehead atoms. The molecule has 0 spiro atoms. The molecule has 1 amide bonds. The lowest BCUT2D eigenvalue weighted by Crippen LogP contribution is -2.34. The van der Waals surface area contributed by atoms with Crippen LogP contribution in [0.25, 0.3) is 0 Å². The van der Waals surface area contributed by atoms with Crippen LogP contribution >= 0.6 is 0 Å². The van der Waals surface area contributed by atoms with Gasteiger partial charge in [0.25, 0.3) is 5.91 Å². The highest BCUT2D eigenvalue weighted by atomic mass is 19.1. The lowest BCUT2D eigenvalue weighted by Gasteiger charge is -2.25. The van der Waals surface area contributed by atoms with Crippen LogP contribution in [0.3, 0.4) is 0 Å². The molecule has 1 aliphatic heterocycles. The summed E-state index contributed by atoms with van der Waals surface area (Å²) in [7, 11) is 0. The largest absolute Gasteiger partial charge is 0.338 e. The van der Waals surface area contributed by atoms with Crippen molar-refractivity contribution in [3.8, 4) is 6.07 Å². The Labute approximate surface area is 141 Å². The number of hydrogen-bond donors (Lipinski definition) is 0. The highest BCUT2D eigenvalue weighted by molar-refractivity contribution is 5.94. The van der Waals surface area contributed by atoms with Crippen molar-refractivity contribution < 1.29 is 9.18 Å². The van der Waals surface area contributed by atoms with Crippen molar-refractivity contribution in [1.29, 1.82) is 5.26 Å². The summed E-state index contributed by atoms with van der Waals surface area (Å²) in [4.78, 5) is 14.6. The third kappa shape index (κ3) is 3.62. The molecular weight excluding hydrogens is 303 g/mol. The number of halogens is 1. The molecule has 4 heteroatoms. The van der Waals surface area contributed by atoms with Crippen molar-refractivity contribution in [3.05, 3.63) is 71.0 Å². The SMILES string of the molecule is N#Cc1ccc(C(=O)N2CCCC[C@H](c3ccc(F)cc3)C2)cc1. The zero-order valence-corrected chi connectivity index (χ0v) is 13.4. The predicted molar refractivity (Wildman–Crippen MR) is 90.1 cm³/mol. The highest BCUT2D eigenvalue weighted by Crippen LogP contribution is 2.27. The van der Waals surface area contributed by atoms with E-state index in [-0.39, 0.29) is 17.6 Å². The third-order valence-electron chi connectivity index (χ3n) is 4.56. The van der Waals surface area contributed by atoms with E-state index in [1.807, 2.05) is 17.0 Å². The Balaban J connectivity index is 1.77. The van der Waals surface area contributed by atoms with Gasteiger partial charge in [-0.3, -0.25) is 4.79 Å². The predicted octanol–water partition coefficient (Wildman–Crippen LogP) is 4.11. The van der Waals surface area contributed by atoms with E-state index in [1.165, 1.54) is 12.1 Å². The molecule has 1 saturated heterocycles. The zero-order valence-electron chi connectivity index (χ0n) is 13.4. The fourth-order valence-corrected chi connectivity index (χ4v) is 3.20. The summed E-state index contributed by atoms with van der Waals surface area (Å²) >= 11 is 0. The Morgan fingerprint density at radius 3 is 2.46 bits per heavy atom. The van der Waals surface area contributed by atoms with Crippen LogP contribution in [0.5, 0.6) is 0 Å². The molecule has 0 N–H and O–H groups in total. The Morgan fingerprint density at radius 2 is 1.79 bits per heavy atom. The van der Waals surface area contributed by atoms with Crippen LogP contribution in [0.1, 0.15) is 46.7 Å². The smallest absolute Gasteiger partial charge is 0.253 e. The molecular formula is C20H19FN2O. The van der Waals surface area contributed by atoms with Crippen LogP contribution in [0.2, 0.25) is 0 Å². The van der Waals surface area contributed by atoms with Crippen molar-refractivity contribution in [2.75, 3.05) is 13.1 Å². The minimum absolute atomic E-state index is 0.00602. The number of rotatable bonds is 2. The van der Waals surface area contributed by atoms with E-state index < -0.39 is 0 Å². The molecule has 0 saturated carbocycles. The molecule has 3 rings (SSSR count). The first-order valence-electron chi connectivity index (χ1n) is 8.22. The van der Waals surface area contributed by atoms with E-state index in [0.717, 1.165) is 31.4 Å². The quantitative estimate of drug-likeness (QED) is 0.835. The van der Waals surface area contributed by atoms with Gasteiger partial charge in [0, 0.05) is 24.6 Å². The number of carbonyl (C=O) groups is 1. The monoisotopic (exact) mass is 322 g/mol. The molecule has 122 valence electrons. The van der Waals surface area contributed by atoms with Crippen LogP contribution in [-0.2, 0) is 0 Å². The standard InChI is InChI=1S/C20H19FN2O/c21-19-10-8-16(9-11-19)18-3-1-2-12-23(14-18)20(24)17-6-4-15(13-22)5-7-17/h4-11,18H,1-3,12,14H2/t18-/m0/s1. The van der Waals surface area contributed by atoms with E-state index in [0.29, 0.717) is 17.7 Å². The van der Waals surface area contributed by atoms with Crippen LogP contribution in [0.4, 0.5) is 4.39 Å². The summed E-state index contributed by atoms with van der Waals surface area (Å²) < 4.78 is 13.1. The van der Waals surface area contributed by atoms with Crippen LogP contribution < -0.4 is 0 Å². The number of nitriles is 1. The van der Waals surface area contributed by atoms with E-state index in [1.54, 1.807) is 24.3 Å². The first-order chi connectivity index (χ1) is 11.7. The molecule has 2 aromatic rings. The zero-order chi connectivity index (χ0) is 16.9. The summed E-state index contributed by atoms with van der Waals surface area (Å²) in [6, 6.07) is 15.4. The van der Waals surface area contributed by atoms with Gasteiger partial charge in [-0.15, -0.1) is 0 Å². The molecule has 0 radical (unpaired) electrons. The van der Waals surface area contributed by atoms with Crippen LogP contribution in [-0.4, -0.2) is 23.9 Å². The van der Waals surface area contributed by atoms with Crippen LogP contribution in [0, 0.1) is 17.1 Å². The second-order valence-corrected chi connectivity index (χ2v) is 6.18. The lowest BCUT2D eigenvalue weighted by molar-refractivity contribution is 0.0754. The molecule has 3 nitrogen and oxygen atoms in total. The van der Waals surface area contributed by atoms with E-state index in [4.69, 9.17) is 5.26 Å². The fourth-order valence-electron chi connectivity index (χ4n) is 3.20. The second kappa shape index (κ2) is 7.27. The van der Waals surface area contributed by atoms with Crippen LogP contribution in [0.15, 0.2) is 48.5 Å². The first-order valence-corrected chi connectivity index (χ1v) is 8.22. The minimum Gasteiger partial charge on any atom is -0.338 e. The van der Waals surface area contributed by atoms with Gasteiger partial charge in [0.15, 0.2) is 0 Å². The normalized spacial score (nSPS) is 17.8. The number of amides is 1. The number of nitrogens with zero attached hydrogens (tertiary/aromatic N) is 2. The summed E-state index contributed by atoms with van der Waals surface area (Å²) in [5.74, 6) is -0.0122. The average molecular weight is 322 g/mol. The van der Waals surface area contributed by atoms with E-state index in [2.05, 4.69) is 6.07 Å². The number of benzene rings is 2. The lowest BCUT2D eigenvalue weighted by atomic mass is 9.94. The van der Waals surface area contributed by atoms with E-state index in [9.17, 15) is 9.18 Å². The highest BCUT2D eigenvalue weighted by Gasteiger charge is 2.24. The number of likely N-dealkylation sites (tertiary alicyclic amines) is 1. The number of carbonyl (C=O) groups excluding carboxylic acids is 1. The maximum Gasteiger partial charge on any atom is 0.253 e. The van der Waals surface area contributed by atoms with Crippen molar-refractivity contribution in [3.63, 3.8) is 0 Å². The summed E-state index contributed by atoms with van der Waals surface area (Å²) in [5.41, 5.74) is 2.23. The molecule has 0 aliphatic carbocycles. The maximum absolute atomic E-state index is 13.1. The molecule has 2 aromatic carbocycles. The maximum atomic E-state index is 13.1. The number of hydrogen-bond acceptors (Lipinski definition) is 2. The van der Waals surface area contributed by atoms with Crippen molar-refractivity contribution in [1.82, 2.24) is 4.90 Å². The summed E-state index contributed by atoms with van der Waals surface area (Å²) in [6.07, 6.45) is 3.03. The molecule has 1 fully saturated rings. The average Bonchev–Trinajstić information content (AvgIpc) is 2.88. The summed E-state index contributed by atoms with van der Waals surface area (Å²) in [5, 5.41) is 8.86. The fraction of sp³-hybridized carbons (Fsp3) is 0.300. The van der Waals surface area contributed by atoms with Gasteiger partial charge in [-0.25, -0.2) is 4.39 Å². The topological polar surface area (TPSA) is 44.1 Å². The molecule has 0 unspecified atom stereocenters. The molecule has 24 heavy (non-hydrogen) atoms. The van der Waals surface area contributed by atoms with Gasteiger partial charge in [0.05, 0.1) is 11.6 Å². The Morgan fingerprint density at radius 1 is 1.08 bits per heavy atom. The van der Waals surface area contributed by atoms with Gasteiger partial charge in [0.2, 0.25) is 0 Å². The summed E-state index contributed by atoms with van der Waals surface area (Å²) in [6.45, 7) is 1.38. The molecule has 1 heterocycles. The van der Waals surface area contributed by atoms with Crippen molar-refractivity contribution in [2.45, 2.75) is 25.2 Å². The Bertz CT molecular complexity index is 747. The van der Waals surface area contributed by atoms with E-state index >= 15 is 0 Å². The Hall–Kier alpha value is -2.67. The van der Waals surface area contributed by atoms with Crippen molar-refractivity contribution >= 4 is 5.91 Å². The molecule has 0 aromatic heterocycles. The third-order valence-corrected chi connectivity index (χ3v) is 4.56. The Kier molecular flexibility index (Phi) is 4.90. The van der Waals surface area contributed by atoms with Gasteiger partial charge in [-0.05, 0) is 54.8 Å². The van der Waals surface area contributed by atoms with Gasteiger partial charge < -0.3 is 4.90 Å². The molecule has 1 aliphatic rings. The van der Waals surface area contributed by atoms with Gasteiger partial charge >= 0.3 is 0 Å². The minimum atomic E-state index is -0.238. The van der Waals surface area contributed by atoms with Gasteiger partial charge in [0.1, 0.15) is 5.82 Å². The molecule has 1 atom stereocenters. The van der Waals surface area contributed by atoms with Gasteiger partial charge in [-0.2, -0.15) is 5.26 Å². The second-order valence-electron chi connectivity index (χ2n) is 6.18. The van der Waals surface area contributed by atoms with Gasteiger partial charge in [-0.1, -0.05) is 18.6 Å². The van der Waals surface area contributed by atoms with Crippen molar-refractivity contribution in [2.24, 2.45) is 0 Å². The first kappa shape index (κ1) is 16.2.